The molecule has 0 unspecified atom stereocenters. The molecule has 4 rings (SSSR count). The minimum atomic E-state index is -2.12. The van der Waals surface area contributed by atoms with Crippen LogP contribution in [0.1, 0.15) is 51.7 Å². The van der Waals surface area contributed by atoms with Gasteiger partial charge in [-0.25, -0.2) is 0 Å². The standard InChI is InChI=1S/C30H41BrO6Si/c1-8-34-25(32)18-30-21-15-12-16-22(33-5)27(21)36-28(30)26(31)23(37-38(6,7)29(2,3)4)17-24(30)35-19-20-13-10-9-11-14-20/h9-16,23-24,26,28H,8,17-19H2,1-7H3/t23-,24+,26+,28-,30+/m1/s1. The fourth-order valence-corrected chi connectivity index (χ4v) is 7.87. The number of halogens is 1. The van der Waals surface area contributed by atoms with Crippen molar-refractivity contribution in [3.63, 3.8) is 0 Å². The predicted molar refractivity (Wildman–Crippen MR) is 155 cm³/mol. The number of esters is 1. The molecule has 0 saturated heterocycles. The molecule has 6 nitrogen and oxygen atoms in total. The van der Waals surface area contributed by atoms with Crippen LogP contribution in [-0.4, -0.2) is 51.1 Å². The highest BCUT2D eigenvalue weighted by Gasteiger charge is 2.64. The second-order valence-electron chi connectivity index (χ2n) is 11.8. The van der Waals surface area contributed by atoms with E-state index >= 15 is 0 Å². The average molecular weight is 606 g/mol. The molecule has 2 aliphatic rings. The number of alkyl halides is 1. The van der Waals surface area contributed by atoms with Crippen LogP contribution in [0.15, 0.2) is 48.5 Å². The lowest BCUT2D eigenvalue weighted by atomic mass is 9.63. The first-order chi connectivity index (χ1) is 17.9. The Morgan fingerprint density at radius 2 is 1.84 bits per heavy atom. The molecule has 0 aromatic heterocycles. The molecule has 0 amide bonds. The van der Waals surface area contributed by atoms with Gasteiger partial charge < -0.3 is 23.4 Å². The summed E-state index contributed by atoms with van der Waals surface area (Å²) in [4.78, 5) is 13.0. The van der Waals surface area contributed by atoms with Crippen LogP contribution < -0.4 is 9.47 Å². The molecule has 1 aliphatic carbocycles. The number of carbonyl (C=O) groups excluding carboxylic acids is 1. The summed E-state index contributed by atoms with van der Waals surface area (Å²) in [5, 5.41) is 0.0439. The second-order valence-corrected chi connectivity index (χ2v) is 17.6. The van der Waals surface area contributed by atoms with Gasteiger partial charge in [-0.05, 0) is 36.7 Å². The van der Waals surface area contributed by atoms with E-state index in [1.165, 1.54) is 0 Å². The summed E-state index contributed by atoms with van der Waals surface area (Å²) in [6, 6.07) is 16.0. The molecule has 2 aromatic rings. The van der Waals surface area contributed by atoms with Gasteiger partial charge in [-0.1, -0.05) is 79.2 Å². The summed E-state index contributed by atoms with van der Waals surface area (Å²) in [5.41, 5.74) is 1.22. The number of hydrogen-bond acceptors (Lipinski definition) is 6. The van der Waals surface area contributed by atoms with E-state index in [9.17, 15) is 4.79 Å². The van der Waals surface area contributed by atoms with Gasteiger partial charge in [-0.15, -0.1) is 0 Å². The van der Waals surface area contributed by atoms with Crippen LogP contribution in [0.3, 0.4) is 0 Å². The van der Waals surface area contributed by atoms with Crippen molar-refractivity contribution in [1.82, 2.24) is 0 Å². The maximum atomic E-state index is 13.2. The Balaban J connectivity index is 1.81. The van der Waals surface area contributed by atoms with Crippen LogP contribution in [0, 0.1) is 0 Å². The van der Waals surface area contributed by atoms with E-state index in [0.717, 1.165) is 11.1 Å². The van der Waals surface area contributed by atoms with Crippen LogP contribution in [0.2, 0.25) is 18.1 Å². The molecule has 208 valence electrons. The fourth-order valence-electron chi connectivity index (χ4n) is 5.42. The Kier molecular flexibility index (Phi) is 8.67. The van der Waals surface area contributed by atoms with Crippen LogP contribution in [-0.2, 0) is 30.7 Å². The quantitative estimate of drug-likeness (QED) is 0.178. The highest BCUT2D eigenvalue weighted by molar-refractivity contribution is 9.09. The molecule has 1 fully saturated rings. The van der Waals surface area contributed by atoms with E-state index in [1.54, 1.807) is 7.11 Å². The largest absolute Gasteiger partial charge is 0.493 e. The normalized spacial score (nSPS) is 26.7. The number of methoxy groups -OCH3 is 1. The third-order valence-corrected chi connectivity index (χ3v) is 14.0. The van der Waals surface area contributed by atoms with Crippen LogP contribution in [0.5, 0.6) is 11.5 Å². The maximum Gasteiger partial charge on any atom is 0.306 e. The van der Waals surface area contributed by atoms with E-state index < -0.39 is 19.8 Å². The van der Waals surface area contributed by atoms with E-state index in [-0.39, 0.29) is 34.5 Å². The van der Waals surface area contributed by atoms with Crippen LogP contribution >= 0.6 is 15.9 Å². The molecular formula is C30H41BrO6Si. The molecule has 1 heterocycles. The van der Waals surface area contributed by atoms with Gasteiger partial charge in [0.2, 0.25) is 0 Å². The minimum absolute atomic E-state index is 0.0439. The third-order valence-electron chi connectivity index (χ3n) is 8.41. The lowest BCUT2D eigenvalue weighted by Gasteiger charge is -2.51. The van der Waals surface area contributed by atoms with Crippen molar-refractivity contribution in [2.24, 2.45) is 0 Å². The number of para-hydroxylation sites is 1. The zero-order valence-electron chi connectivity index (χ0n) is 23.6. The van der Waals surface area contributed by atoms with Crippen molar-refractivity contribution in [3.8, 4) is 11.5 Å². The van der Waals surface area contributed by atoms with Gasteiger partial charge in [0, 0.05) is 12.0 Å². The molecule has 38 heavy (non-hydrogen) atoms. The SMILES string of the molecule is CCOC(=O)C[C@@]12c3cccc(OC)c3O[C@@H]1[C@@H](Br)[C@H](O[Si](C)(C)C(C)(C)C)C[C@@H]2OCc1ccccc1. The lowest BCUT2D eigenvalue weighted by Crippen LogP contribution is -2.63. The summed E-state index contributed by atoms with van der Waals surface area (Å²) in [7, 11) is -0.482. The number of carbonyl (C=O) groups is 1. The van der Waals surface area contributed by atoms with E-state index in [4.69, 9.17) is 23.4 Å². The highest BCUT2D eigenvalue weighted by Crippen LogP contribution is 2.58. The van der Waals surface area contributed by atoms with E-state index in [2.05, 4.69) is 61.9 Å². The number of benzene rings is 2. The number of hydrogen-bond donors (Lipinski definition) is 0. The van der Waals surface area contributed by atoms with Gasteiger partial charge in [-0.3, -0.25) is 4.79 Å². The van der Waals surface area contributed by atoms with Crippen molar-refractivity contribution >= 4 is 30.2 Å². The van der Waals surface area contributed by atoms with Gasteiger partial charge in [0.1, 0.15) is 6.10 Å². The van der Waals surface area contributed by atoms with Crippen molar-refractivity contribution in [2.45, 2.75) is 93.8 Å². The number of fused-ring (bicyclic) bond motifs is 3. The smallest absolute Gasteiger partial charge is 0.306 e. The van der Waals surface area contributed by atoms with Crippen molar-refractivity contribution in [1.29, 1.82) is 0 Å². The van der Waals surface area contributed by atoms with E-state index in [1.807, 2.05) is 43.3 Å². The summed E-state index contributed by atoms with van der Waals surface area (Å²) in [5.74, 6) is 1.03. The first-order valence-electron chi connectivity index (χ1n) is 13.4. The molecule has 0 radical (unpaired) electrons. The zero-order valence-corrected chi connectivity index (χ0v) is 26.2. The lowest BCUT2D eigenvalue weighted by molar-refractivity contribution is -0.153. The number of rotatable bonds is 9. The highest BCUT2D eigenvalue weighted by atomic mass is 79.9. The van der Waals surface area contributed by atoms with Crippen LogP contribution in [0.4, 0.5) is 0 Å². The van der Waals surface area contributed by atoms with Gasteiger partial charge in [0.05, 0.1) is 49.2 Å². The minimum Gasteiger partial charge on any atom is -0.493 e. The summed E-state index contributed by atoms with van der Waals surface area (Å²) < 4.78 is 31.6. The second kappa shape index (κ2) is 11.3. The Labute approximate surface area is 236 Å². The molecular weight excluding hydrogens is 564 g/mol. The maximum absolute atomic E-state index is 13.2. The third kappa shape index (κ3) is 5.42. The van der Waals surface area contributed by atoms with E-state index in [0.29, 0.717) is 31.1 Å². The molecule has 0 bridgehead atoms. The topological polar surface area (TPSA) is 63.2 Å². The van der Waals surface area contributed by atoms with Crippen molar-refractivity contribution in [2.75, 3.05) is 13.7 Å². The molecule has 0 spiro atoms. The fraction of sp³-hybridized carbons (Fsp3) is 0.567. The van der Waals surface area contributed by atoms with Gasteiger partial charge >= 0.3 is 5.97 Å². The molecule has 1 saturated carbocycles. The van der Waals surface area contributed by atoms with Gasteiger partial charge in [0.15, 0.2) is 19.8 Å². The predicted octanol–water partition coefficient (Wildman–Crippen LogP) is 6.79. The Bertz CT molecular complexity index is 1120. The Morgan fingerprint density at radius 3 is 2.47 bits per heavy atom. The molecule has 5 atom stereocenters. The van der Waals surface area contributed by atoms with Gasteiger partial charge in [-0.2, -0.15) is 0 Å². The van der Waals surface area contributed by atoms with Crippen molar-refractivity contribution < 1.29 is 28.2 Å². The molecule has 2 aromatic carbocycles. The zero-order chi connectivity index (χ0) is 27.7. The van der Waals surface area contributed by atoms with Gasteiger partial charge in [0.25, 0.3) is 0 Å². The Hall–Kier alpha value is -1.87. The average Bonchev–Trinajstić information content (AvgIpc) is 3.20. The number of ether oxygens (including phenoxy) is 4. The first kappa shape index (κ1) is 29.1. The summed E-state index contributed by atoms with van der Waals surface area (Å²) >= 11 is 4.00. The molecule has 1 aliphatic heterocycles. The van der Waals surface area contributed by atoms with Crippen LogP contribution in [0.25, 0.3) is 0 Å². The molecule has 8 heteroatoms. The monoisotopic (exact) mass is 604 g/mol. The van der Waals surface area contributed by atoms with Crippen molar-refractivity contribution in [3.05, 3.63) is 59.7 Å². The Morgan fingerprint density at radius 1 is 1.13 bits per heavy atom. The summed E-state index contributed by atoms with van der Waals surface area (Å²) in [6.45, 7) is 13.8. The molecule has 0 N–H and O–H groups in total. The first-order valence-corrected chi connectivity index (χ1v) is 17.2. The summed E-state index contributed by atoms with van der Waals surface area (Å²) in [6.07, 6.45) is -0.167.